The van der Waals surface area contributed by atoms with Gasteiger partial charge in [-0.3, -0.25) is 4.79 Å². The Morgan fingerprint density at radius 1 is 0.796 bits per heavy atom. The average molecular weight is 667 g/mol. The monoisotopic (exact) mass is 666 g/mol. The maximum Gasteiger partial charge on any atom is 0.200 e. The van der Waals surface area contributed by atoms with E-state index in [-0.39, 0.29) is 59.7 Å². The van der Waals surface area contributed by atoms with Gasteiger partial charge in [0, 0.05) is 18.3 Å². The van der Waals surface area contributed by atoms with Crippen LogP contribution in [0.1, 0.15) is 48.8 Å². The standard InChI is InChI=1S/C39H42N2O8/c1-4-30(27-15-16-40-37(22-27)41-28-10-8-26-21-29(42)11-9-25(26)20-28)38(32(44)13-6-23-5-12-31(43)35(18-23)48-2)33(45)14-7-24-17-34(46)39(47)36(19-24)49-3/h5,8-12,15-22,30,32,38,42-44,46-47H,4,6-7,13-14H2,1-3H3,(H,40,41)/t30-,32+,38-/m0/s1. The summed E-state index contributed by atoms with van der Waals surface area (Å²) in [5, 5.41) is 57.0. The lowest BCUT2D eigenvalue weighted by Crippen LogP contribution is -2.34. The number of hydrogen-bond acceptors (Lipinski definition) is 10. The van der Waals surface area contributed by atoms with Crippen molar-refractivity contribution in [2.75, 3.05) is 19.5 Å². The van der Waals surface area contributed by atoms with Gasteiger partial charge in [-0.1, -0.05) is 25.1 Å². The second-order valence-electron chi connectivity index (χ2n) is 12.1. The lowest BCUT2D eigenvalue weighted by molar-refractivity contribution is -0.127. The van der Waals surface area contributed by atoms with Crippen LogP contribution in [0.5, 0.6) is 34.5 Å². The van der Waals surface area contributed by atoms with Crippen molar-refractivity contribution in [3.05, 3.63) is 102 Å². The summed E-state index contributed by atoms with van der Waals surface area (Å²) in [4.78, 5) is 18.6. The lowest BCUT2D eigenvalue weighted by atomic mass is 9.76. The molecule has 0 amide bonds. The number of phenols is 4. The van der Waals surface area contributed by atoms with Crippen LogP contribution in [0.15, 0.2) is 85.1 Å². The number of aryl methyl sites for hydroxylation is 2. The summed E-state index contributed by atoms with van der Waals surface area (Å²) >= 11 is 0. The van der Waals surface area contributed by atoms with Crippen molar-refractivity contribution in [3.8, 4) is 34.5 Å². The number of carbonyl (C=O) groups is 1. The quantitative estimate of drug-likeness (QED) is 0.0635. The number of aliphatic hydroxyl groups is 1. The molecule has 0 aliphatic rings. The molecule has 5 aromatic rings. The number of hydrogen-bond donors (Lipinski definition) is 6. The molecule has 3 atom stereocenters. The van der Waals surface area contributed by atoms with E-state index in [1.54, 1.807) is 42.6 Å². The van der Waals surface area contributed by atoms with E-state index in [0.29, 0.717) is 30.0 Å². The van der Waals surface area contributed by atoms with Gasteiger partial charge >= 0.3 is 0 Å². The minimum atomic E-state index is -0.999. The molecule has 6 N–H and O–H groups in total. The van der Waals surface area contributed by atoms with Gasteiger partial charge in [-0.15, -0.1) is 0 Å². The summed E-state index contributed by atoms with van der Waals surface area (Å²) in [5.74, 6) is -0.713. The lowest BCUT2D eigenvalue weighted by Gasteiger charge is -2.30. The molecule has 0 bridgehead atoms. The van der Waals surface area contributed by atoms with E-state index in [2.05, 4.69) is 10.3 Å². The van der Waals surface area contributed by atoms with Crippen molar-refractivity contribution in [3.63, 3.8) is 0 Å². The number of phenolic OH excluding ortho intramolecular Hbond substituents is 4. The number of aromatic nitrogens is 1. The average Bonchev–Trinajstić information content (AvgIpc) is 3.10. The summed E-state index contributed by atoms with van der Waals surface area (Å²) in [6.45, 7) is 1.98. The highest BCUT2D eigenvalue weighted by Gasteiger charge is 2.34. The van der Waals surface area contributed by atoms with Crippen molar-refractivity contribution in [1.82, 2.24) is 4.98 Å². The van der Waals surface area contributed by atoms with Crippen LogP contribution < -0.4 is 14.8 Å². The third kappa shape index (κ3) is 8.33. The van der Waals surface area contributed by atoms with Crippen LogP contribution in [0.2, 0.25) is 0 Å². The summed E-state index contributed by atoms with van der Waals surface area (Å²) in [6, 6.07) is 22.7. The first-order valence-electron chi connectivity index (χ1n) is 16.2. The number of aromatic hydroxyl groups is 4. The molecule has 1 heterocycles. The molecular formula is C39H42N2O8. The SMILES string of the molecule is CC[C@@H](c1ccnc(Nc2ccc3cc(O)ccc3c2)c1)[C@H](C(=O)CCc1cc(O)c(O)c(OC)c1)[C@H](O)CCc1ccc(O)c(OC)c1. The molecule has 10 nitrogen and oxygen atoms in total. The van der Waals surface area contributed by atoms with Crippen molar-refractivity contribution in [2.45, 2.75) is 51.0 Å². The number of nitrogens with one attached hydrogen (secondary N) is 1. The largest absolute Gasteiger partial charge is 0.508 e. The molecule has 1 aromatic heterocycles. The number of pyridine rings is 1. The van der Waals surface area contributed by atoms with Crippen molar-refractivity contribution in [2.24, 2.45) is 5.92 Å². The molecule has 0 unspecified atom stereocenters. The first-order valence-corrected chi connectivity index (χ1v) is 16.2. The number of benzene rings is 4. The Morgan fingerprint density at radius 3 is 2.29 bits per heavy atom. The van der Waals surface area contributed by atoms with Gasteiger partial charge in [0.25, 0.3) is 0 Å². The van der Waals surface area contributed by atoms with Crippen molar-refractivity contribution >= 4 is 28.1 Å². The van der Waals surface area contributed by atoms with Gasteiger partial charge in [-0.05, 0) is 120 Å². The highest BCUT2D eigenvalue weighted by molar-refractivity contribution is 5.87. The summed E-state index contributed by atoms with van der Waals surface area (Å²) in [6.07, 6.45) is 2.34. The Hall–Kier alpha value is -5.48. The van der Waals surface area contributed by atoms with E-state index in [1.165, 1.54) is 20.3 Å². The first kappa shape index (κ1) is 34.8. The van der Waals surface area contributed by atoms with E-state index in [1.807, 2.05) is 43.3 Å². The normalized spacial score (nSPS) is 13.1. The smallest absolute Gasteiger partial charge is 0.200 e. The second-order valence-corrected chi connectivity index (χ2v) is 12.1. The Bertz CT molecular complexity index is 1930. The number of aliphatic hydroxyl groups excluding tert-OH is 1. The number of nitrogens with zero attached hydrogens (tertiary/aromatic N) is 1. The third-order valence-electron chi connectivity index (χ3n) is 8.94. The van der Waals surface area contributed by atoms with Crippen LogP contribution in [0.3, 0.4) is 0 Å². The van der Waals surface area contributed by atoms with Gasteiger partial charge in [0.2, 0.25) is 5.75 Å². The number of carbonyl (C=O) groups excluding carboxylic acids is 1. The minimum Gasteiger partial charge on any atom is -0.508 e. The maximum atomic E-state index is 14.1. The Labute approximate surface area is 285 Å². The Balaban J connectivity index is 1.41. The van der Waals surface area contributed by atoms with E-state index < -0.39 is 12.0 Å². The predicted molar refractivity (Wildman–Crippen MR) is 188 cm³/mol. The number of ketones is 1. The minimum absolute atomic E-state index is 0.0212. The van der Waals surface area contributed by atoms with Crippen molar-refractivity contribution < 1.29 is 39.8 Å². The van der Waals surface area contributed by atoms with Gasteiger partial charge in [0.1, 0.15) is 17.4 Å². The van der Waals surface area contributed by atoms with Gasteiger partial charge < -0.3 is 40.3 Å². The molecule has 0 saturated carbocycles. The summed E-state index contributed by atoms with van der Waals surface area (Å²) in [7, 11) is 2.86. The number of anilines is 2. The van der Waals surface area contributed by atoms with E-state index in [9.17, 15) is 30.3 Å². The highest BCUT2D eigenvalue weighted by Crippen LogP contribution is 2.38. The number of rotatable bonds is 15. The van der Waals surface area contributed by atoms with Gasteiger partial charge in [-0.25, -0.2) is 4.98 Å². The fraction of sp³-hybridized carbons (Fsp3) is 0.282. The maximum absolute atomic E-state index is 14.1. The van der Waals surface area contributed by atoms with Crippen LogP contribution in [0, 0.1) is 5.92 Å². The number of ether oxygens (including phenoxy) is 2. The highest BCUT2D eigenvalue weighted by atomic mass is 16.5. The topological polar surface area (TPSA) is 162 Å². The van der Waals surface area contributed by atoms with E-state index in [0.717, 1.165) is 27.6 Å². The summed E-state index contributed by atoms with van der Waals surface area (Å²) < 4.78 is 10.4. The fourth-order valence-electron chi connectivity index (χ4n) is 6.36. The zero-order valence-corrected chi connectivity index (χ0v) is 27.8. The zero-order chi connectivity index (χ0) is 35.1. The van der Waals surface area contributed by atoms with Crippen LogP contribution >= 0.6 is 0 Å². The molecule has 0 aliphatic heterocycles. The van der Waals surface area contributed by atoms with E-state index in [4.69, 9.17) is 9.47 Å². The molecular weight excluding hydrogens is 624 g/mol. The fourth-order valence-corrected chi connectivity index (χ4v) is 6.36. The third-order valence-corrected chi connectivity index (χ3v) is 8.94. The van der Waals surface area contributed by atoms with E-state index >= 15 is 0 Å². The molecule has 5 rings (SSSR count). The molecule has 256 valence electrons. The predicted octanol–water partition coefficient (Wildman–Crippen LogP) is 7.12. The van der Waals surface area contributed by atoms with Gasteiger partial charge in [0.15, 0.2) is 23.0 Å². The van der Waals surface area contributed by atoms with Crippen molar-refractivity contribution in [1.29, 1.82) is 0 Å². The van der Waals surface area contributed by atoms with Gasteiger partial charge in [-0.2, -0.15) is 0 Å². The molecule has 0 fully saturated rings. The van der Waals surface area contributed by atoms with Gasteiger partial charge in [0.05, 0.1) is 26.2 Å². The molecule has 0 spiro atoms. The number of Topliss-reactive ketones (excluding diaryl/α,β-unsaturated/α-hetero) is 1. The Morgan fingerprint density at radius 2 is 1.53 bits per heavy atom. The molecule has 0 aliphatic carbocycles. The molecule has 0 radical (unpaired) electrons. The molecule has 0 saturated heterocycles. The number of methoxy groups -OCH3 is 2. The first-order chi connectivity index (χ1) is 23.6. The van der Waals surface area contributed by atoms with Crippen LogP contribution in [0.25, 0.3) is 10.8 Å². The van der Waals surface area contributed by atoms with Crippen LogP contribution in [0.4, 0.5) is 11.5 Å². The van der Waals surface area contributed by atoms with Crippen LogP contribution in [-0.4, -0.2) is 56.6 Å². The number of fused-ring (bicyclic) bond motifs is 1. The molecule has 49 heavy (non-hydrogen) atoms. The summed E-state index contributed by atoms with van der Waals surface area (Å²) in [5.41, 5.74) is 3.11. The molecule has 4 aromatic carbocycles. The Kier molecular flexibility index (Phi) is 11.1. The van der Waals surface area contributed by atoms with Crippen LogP contribution in [-0.2, 0) is 17.6 Å². The molecule has 10 heteroatoms. The second kappa shape index (κ2) is 15.6. The zero-order valence-electron chi connectivity index (χ0n) is 27.8.